The zero-order valence-electron chi connectivity index (χ0n) is 28.1. The summed E-state index contributed by atoms with van der Waals surface area (Å²) in [6.07, 6.45) is 3.17. The highest BCUT2D eigenvalue weighted by atomic mass is 16.7. The van der Waals surface area contributed by atoms with E-state index in [4.69, 9.17) is 59.7 Å². The second kappa shape index (κ2) is 18.0. The first-order chi connectivity index (χ1) is 19.9. The van der Waals surface area contributed by atoms with Crippen molar-refractivity contribution in [1.82, 2.24) is 0 Å². The van der Waals surface area contributed by atoms with Gasteiger partial charge in [0, 0.05) is 12.8 Å². The predicted octanol–water partition coefficient (Wildman–Crippen LogP) is 3.11. The number of hydrogen-bond acceptors (Lipinski definition) is 12. The summed E-state index contributed by atoms with van der Waals surface area (Å²) in [5.41, 5.74) is 10.2. The van der Waals surface area contributed by atoms with E-state index in [1.807, 2.05) is 69.2 Å². The van der Waals surface area contributed by atoms with Gasteiger partial charge in [-0.3, -0.25) is 9.59 Å². The number of hydrogen-bond donors (Lipinski definition) is 4. The van der Waals surface area contributed by atoms with Gasteiger partial charge in [0.05, 0.1) is 37.3 Å². The quantitative estimate of drug-likeness (QED) is 0.222. The number of ether oxygens (including phenoxy) is 6. The van der Waals surface area contributed by atoms with E-state index in [9.17, 15) is 9.59 Å². The summed E-state index contributed by atoms with van der Waals surface area (Å²) in [5.74, 6) is -5.47. The highest BCUT2D eigenvalue weighted by molar-refractivity contribution is 6.27. The molecule has 0 saturated carbocycles. The first kappa shape index (κ1) is 41.6. The van der Waals surface area contributed by atoms with E-state index in [-0.39, 0.29) is 49.2 Å². The fourth-order valence-corrected chi connectivity index (χ4v) is 4.55. The second-order valence-electron chi connectivity index (χ2n) is 13.6. The van der Waals surface area contributed by atoms with Gasteiger partial charge in [-0.25, -0.2) is 9.59 Å². The predicted molar refractivity (Wildman–Crippen MR) is 160 cm³/mol. The molecule has 6 N–H and O–H groups in total. The van der Waals surface area contributed by atoms with Gasteiger partial charge >= 0.3 is 23.9 Å². The van der Waals surface area contributed by atoms with Gasteiger partial charge in [-0.2, -0.15) is 0 Å². The molecule has 4 atom stereocenters. The molecule has 0 bridgehead atoms. The molecule has 14 heteroatoms. The van der Waals surface area contributed by atoms with E-state index < -0.39 is 34.7 Å². The van der Waals surface area contributed by atoms with Crippen molar-refractivity contribution in [2.75, 3.05) is 13.1 Å². The molecule has 0 unspecified atom stereocenters. The Balaban J connectivity index is 0.000000710. The third-order valence-electron chi connectivity index (χ3n) is 5.64. The van der Waals surface area contributed by atoms with Crippen molar-refractivity contribution < 1.29 is 57.8 Å². The van der Waals surface area contributed by atoms with Crippen molar-refractivity contribution in [3.05, 3.63) is 0 Å². The van der Waals surface area contributed by atoms with Crippen LogP contribution < -0.4 is 11.5 Å². The third kappa shape index (κ3) is 20.6. The van der Waals surface area contributed by atoms with Crippen molar-refractivity contribution >= 4 is 23.9 Å². The minimum atomic E-state index is -1.82. The van der Waals surface area contributed by atoms with Crippen LogP contribution in [0.2, 0.25) is 0 Å². The van der Waals surface area contributed by atoms with Gasteiger partial charge in [-0.1, -0.05) is 0 Å². The molecule has 0 aromatic carbocycles. The highest BCUT2D eigenvalue weighted by Gasteiger charge is 2.38. The lowest BCUT2D eigenvalue weighted by Crippen LogP contribution is -2.46. The van der Waals surface area contributed by atoms with Gasteiger partial charge in [0.25, 0.3) is 0 Å². The van der Waals surface area contributed by atoms with E-state index in [1.165, 1.54) is 0 Å². The van der Waals surface area contributed by atoms with Crippen LogP contribution in [0.25, 0.3) is 0 Å². The molecule has 0 aromatic heterocycles. The van der Waals surface area contributed by atoms with Crippen LogP contribution in [0, 0.1) is 0 Å². The molecule has 2 rings (SSSR count). The zero-order valence-corrected chi connectivity index (χ0v) is 28.1. The lowest BCUT2D eigenvalue weighted by molar-refractivity contribution is -0.301. The number of carboxylic acid groups (broad SMARTS) is 2. The molecular formula is C30H56N2O12. The first-order valence-corrected chi connectivity index (χ1v) is 14.9. The van der Waals surface area contributed by atoms with E-state index in [2.05, 4.69) is 0 Å². The molecule has 0 radical (unpaired) electrons. The molecule has 0 spiro atoms. The molecule has 0 amide bonds. The lowest BCUT2D eigenvalue weighted by atomic mass is 10.0. The van der Waals surface area contributed by atoms with E-state index in [0.29, 0.717) is 25.9 Å². The largest absolute Gasteiger partial charge is 0.473 e. The van der Waals surface area contributed by atoms with Crippen molar-refractivity contribution in [2.45, 2.75) is 155 Å². The van der Waals surface area contributed by atoms with E-state index in [1.54, 1.807) is 0 Å². The maximum absolute atomic E-state index is 11.8. The van der Waals surface area contributed by atoms with Crippen LogP contribution in [0.5, 0.6) is 0 Å². The van der Waals surface area contributed by atoms with Crippen LogP contribution >= 0.6 is 0 Å². The smallest absolute Gasteiger partial charge is 0.414 e. The van der Waals surface area contributed by atoms with Gasteiger partial charge in [-0.15, -0.1) is 0 Å². The topological polar surface area (TPSA) is 216 Å². The SMILES string of the molecule is CC(C)(C)OC(=O)C[C@H]1C[C@@H](CCN)OC(C)(C)O1.CC(C)(C)OC(=O)C[C@H]1C[C@@H](CCN)OC(C)(C)O1.O=C(O)C(=O)O. The van der Waals surface area contributed by atoms with Crippen LogP contribution in [0.3, 0.4) is 0 Å². The van der Waals surface area contributed by atoms with Crippen molar-refractivity contribution in [1.29, 1.82) is 0 Å². The number of aliphatic carboxylic acids is 2. The minimum Gasteiger partial charge on any atom is -0.473 e. The molecule has 2 aliphatic heterocycles. The summed E-state index contributed by atoms with van der Waals surface area (Å²) in [6, 6.07) is 0. The summed E-state index contributed by atoms with van der Waals surface area (Å²) >= 11 is 0. The molecule has 14 nitrogen and oxygen atoms in total. The van der Waals surface area contributed by atoms with Gasteiger partial charge in [0.2, 0.25) is 0 Å². The monoisotopic (exact) mass is 636 g/mol. The summed E-state index contributed by atoms with van der Waals surface area (Å²) in [5, 5.41) is 14.8. The number of carbonyl (C=O) groups excluding carboxylic acids is 2. The third-order valence-corrected chi connectivity index (χ3v) is 5.64. The summed E-state index contributed by atoms with van der Waals surface area (Å²) < 4.78 is 33.7. The minimum absolute atomic E-state index is 0.0428. The maximum Gasteiger partial charge on any atom is 0.414 e. The van der Waals surface area contributed by atoms with Crippen LogP contribution in [0.4, 0.5) is 0 Å². The molecular weight excluding hydrogens is 580 g/mol. The number of rotatable bonds is 8. The number of carboxylic acids is 2. The summed E-state index contributed by atoms with van der Waals surface area (Å²) in [6.45, 7) is 19.7. The number of nitrogens with two attached hydrogens (primary N) is 2. The maximum atomic E-state index is 11.8. The molecule has 258 valence electrons. The Hall–Kier alpha value is -2.36. The number of carbonyl (C=O) groups is 4. The van der Waals surface area contributed by atoms with Gasteiger partial charge in [-0.05, 0) is 95.2 Å². The van der Waals surface area contributed by atoms with E-state index >= 15 is 0 Å². The van der Waals surface area contributed by atoms with Crippen molar-refractivity contribution in [2.24, 2.45) is 11.5 Å². The highest BCUT2D eigenvalue weighted by Crippen LogP contribution is 2.31. The Morgan fingerprint density at radius 3 is 1.14 bits per heavy atom. The molecule has 0 aromatic rings. The van der Waals surface area contributed by atoms with Crippen LogP contribution in [0.15, 0.2) is 0 Å². The average molecular weight is 637 g/mol. The molecule has 2 aliphatic rings. The van der Waals surface area contributed by atoms with Gasteiger partial charge in [0.1, 0.15) is 11.2 Å². The molecule has 2 saturated heterocycles. The summed E-state index contributed by atoms with van der Waals surface area (Å²) in [4.78, 5) is 41.9. The van der Waals surface area contributed by atoms with Crippen molar-refractivity contribution in [3.63, 3.8) is 0 Å². The Morgan fingerprint density at radius 2 is 0.909 bits per heavy atom. The molecule has 2 heterocycles. The Morgan fingerprint density at radius 1 is 0.636 bits per heavy atom. The van der Waals surface area contributed by atoms with Crippen LogP contribution in [0.1, 0.15) is 108 Å². The van der Waals surface area contributed by atoms with Crippen LogP contribution in [-0.4, -0.2) is 94.4 Å². The molecule has 0 aliphatic carbocycles. The molecule has 2 fully saturated rings. The Kier molecular flexibility index (Phi) is 17.0. The molecule has 44 heavy (non-hydrogen) atoms. The second-order valence-corrected chi connectivity index (χ2v) is 13.6. The van der Waals surface area contributed by atoms with Gasteiger partial charge in [0.15, 0.2) is 11.6 Å². The first-order valence-electron chi connectivity index (χ1n) is 14.9. The fraction of sp³-hybridized carbons (Fsp3) is 0.867. The standard InChI is InChI=1S/2C14H27NO4.C2H2O4/c2*1-13(2,3)19-12(16)9-11-8-10(6-7-15)17-14(4,5)18-11;3-1(4)2(5)6/h2*10-11H,6-9,15H2,1-5H3;(H,3,4)(H,5,6)/t2*10-,11-;/m11./s1. The van der Waals surface area contributed by atoms with Gasteiger partial charge < -0.3 is 50.1 Å². The number of esters is 2. The Labute approximate surface area is 261 Å². The van der Waals surface area contributed by atoms with Crippen LogP contribution in [-0.2, 0) is 47.6 Å². The van der Waals surface area contributed by atoms with Crippen molar-refractivity contribution in [3.8, 4) is 0 Å². The zero-order chi connectivity index (χ0) is 34.5. The average Bonchev–Trinajstić information content (AvgIpc) is 2.75. The summed E-state index contributed by atoms with van der Waals surface area (Å²) in [7, 11) is 0. The Bertz CT molecular complexity index is 850. The van der Waals surface area contributed by atoms with E-state index in [0.717, 1.165) is 12.8 Å². The fourth-order valence-electron chi connectivity index (χ4n) is 4.55. The normalized spacial score (nSPS) is 24.4. The lowest BCUT2D eigenvalue weighted by Gasteiger charge is -2.40.